The second-order valence-electron chi connectivity index (χ2n) is 3.84. The van der Waals surface area contributed by atoms with E-state index < -0.39 is 0 Å². The lowest BCUT2D eigenvalue weighted by Crippen LogP contribution is -2.34. The Morgan fingerprint density at radius 1 is 1.38 bits per heavy atom. The number of hydrogen-bond donors (Lipinski definition) is 1. The predicted molar refractivity (Wildman–Crippen MR) is 63.6 cm³/mol. The molecule has 0 amide bonds. The second-order valence-corrected chi connectivity index (χ2v) is 4.25. The highest BCUT2D eigenvalue weighted by Crippen LogP contribution is 2.25. The van der Waals surface area contributed by atoms with Crippen molar-refractivity contribution in [2.75, 3.05) is 18.0 Å². The molecular weight excluding hydrogens is 226 g/mol. The fourth-order valence-corrected chi connectivity index (χ4v) is 2.00. The maximum absolute atomic E-state index is 11.1. The molecule has 2 rings (SSSR count). The number of carbonyl (C=O) groups excluding carboxylic acids is 1. The quantitative estimate of drug-likeness (QED) is 0.847. The summed E-state index contributed by atoms with van der Waals surface area (Å²) in [6, 6.07) is 3.63. The first kappa shape index (κ1) is 11.4. The fraction of sp³-hybridized carbons (Fsp3) is 0.455. The van der Waals surface area contributed by atoms with Crippen LogP contribution in [-0.4, -0.2) is 23.9 Å². The van der Waals surface area contributed by atoms with Crippen LogP contribution in [-0.2, 0) is 11.3 Å². The third-order valence-corrected chi connectivity index (χ3v) is 3.01. The highest BCUT2D eigenvalue weighted by molar-refractivity contribution is 6.33. The second kappa shape index (κ2) is 4.80. The van der Waals surface area contributed by atoms with Gasteiger partial charge >= 0.3 is 0 Å². The molecule has 1 aliphatic rings. The number of anilines is 1. The minimum atomic E-state index is 0.308. The third-order valence-electron chi connectivity index (χ3n) is 2.71. The van der Waals surface area contributed by atoms with Crippen molar-refractivity contribution in [3.05, 3.63) is 22.8 Å². The Balaban J connectivity index is 2.22. The molecule has 16 heavy (non-hydrogen) atoms. The number of rotatable bonds is 2. The Kier molecular flexibility index (Phi) is 3.41. The van der Waals surface area contributed by atoms with Crippen LogP contribution in [0.3, 0.4) is 0 Å². The van der Waals surface area contributed by atoms with Crippen molar-refractivity contribution in [2.45, 2.75) is 19.4 Å². The minimum absolute atomic E-state index is 0.308. The number of halogens is 1. The third kappa shape index (κ3) is 2.33. The van der Waals surface area contributed by atoms with E-state index in [9.17, 15) is 4.79 Å². The SMILES string of the molecule is NCc1ccc(Cl)c(N2CCC(=O)CC2)n1. The van der Waals surface area contributed by atoms with E-state index >= 15 is 0 Å². The standard InChI is InChI=1S/C11H14ClN3O/c12-10-2-1-8(7-13)14-11(10)15-5-3-9(16)4-6-15/h1-2H,3-7,13H2. The maximum Gasteiger partial charge on any atom is 0.147 e. The Labute approximate surface area is 99.4 Å². The molecule has 1 aromatic heterocycles. The predicted octanol–water partition coefficient (Wildman–Crippen LogP) is 1.36. The van der Waals surface area contributed by atoms with Gasteiger partial charge in [0.15, 0.2) is 0 Å². The molecule has 0 bridgehead atoms. The lowest BCUT2D eigenvalue weighted by Gasteiger charge is -2.28. The Morgan fingerprint density at radius 2 is 2.06 bits per heavy atom. The van der Waals surface area contributed by atoms with Crippen LogP contribution in [0.25, 0.3) is 0 Å². The highest BCUT2D eigenvalue weighted by atomic mass is 35.5. The lowest BCUT2D eigenvalue weighted by atomic mass is 10.1. The van der Waals surface area contributed by atoms with Crippen molar-refractivity contribution >= 4 is 23.2 Å². The summed E-state index contributed by atoms with van der Waals surface area (Å²) in [5, 5.41) is 0.617. The fourth-order valence-electron chi connectivity index (χ4n) is 1.77. The van der Waals surface area contributed by atoms with Crippen molar-refractivity contribution in [2.24, 2.45) is 5.73 Å². The van der Waals surface area contributed by atoms with Crippen LogP contribution in [0.5, 0.6) is 0 Å². The van der Waals surface area contributed by atoms with Gasteiger partial charge in [0.25, 0.3) is 0 Å². The van der Waals surface area contributed by atoms with Crippen molar-refractivity contribution in [1.82, 2.24) is 4.98 Å². The van der Waals surface area contributed by atoms with Crippen molar-refractivity contribution < 1.29 is 4.79 Å². The Hall–Kier alpha value is -1.13. The molecule has 0 atom stereocenters. The molecule has 0 unspecified atom stereocenters. The zero-order valence-corrected chi connectivity index (χ0v) is 9.70. The van der Waals surface area contributed by atoms with Crippen molar-refractivity contribution in [3.63, 3.8) is 0 Å². The van der Waals surface area contributed by atoms with Gasteiger partial charge in [-0.25, -0.2) is 4.98 Å². The van der Waals surface area contributed by atoms with Crippen LogP contribution in [0, 0.1) is 0 Å². The van der Waals surface area contributed by atoms with Crippen LogP contribution < -0.4 is 10.6 Å². The highest BCUT2D eigenvalue weighted by Gasteiger charge is 2.19. The molecule has 1 aromatic rings. The number of ketones is 1. The first-order valence-electron chi connectivity index (χ1n) is 5.33. The monoisotopic (exact) mass is 239 g/mol. The average molecular weight is 240 g/mol. The number of nitrogens with two attached hydrogens (primary N) is 1. The number of Topliss-reactive ketones (excluding diaryl/α,β-unsaturated/α-hetero) is 1. The molecule has 1 aliphatic heterocycles. The Morgan fingerprint density at radius 3 is 2.69 bits per heavy atom. The van der Waals surface area contributed by atoms with E-state index in [-0.39, 0.29) is 0 Å². The number of pyridine rings is 1. The van der Waals surface area contributed by atoms with E-state index in [1.807, 2.05) is 17.0 Å². The molecule has 5 heteroatoms. The number of aromatic nitrogens is 1. The van der Waals surface area contributed by atoms with E-state index in [2.05, 4.69) is 4.98 Å². The zero-order chi connectivity index (χ0) is 11.5. The van der Waals surface area contributed by atoms with Crippen LogP contribution in [0.1, 0.15) is 18.5 Å². The lowest BCUT2D eigenvalue weighted by molar-refractivity contribution is -0.119. The number of hydrogen-bond acceptors (Lipinski definition) is 4. The molecular formula is C11H14ClN3O. The molecule has 2 N–H and O–H groups in total. The summed E-state index contributed by atoms with van der Waals surface area (Å²) in [7, 11) is 0. The van der Waals surface area contributed by atoms with E-state index in [1.165, 1.54) is 0 Å². The first-order valence-corrected chi connectivity index (χ1v) is 5.70. The summed E-state index contributed by atoms with van der Waals surface area (Å²) in [4.78, 5) is 17.6. The molecule has 0 aromatic carbocycles. The van der Waals surface area contributed by atoms with Gasteiger partial charge in [0.1, 0.15) is 11.6 Å². The minimum Gasteiger partial charge on any atom is -0.354 e. The van der Waals surface area contributed by atoms with E-state index in [4.69, 9.17) is 17.3 Å². The molecule has 0 aliphatic carbocycles. The summed E-state index contributed by atoms with van der Waals surface area (Å²) in [5.74, 6) is 1.06. The van der Waals surface area contributed by atoms with Crippen molar-refractivity contribution in [1.29, 1.82) is 0 Å². The van der Waals surface area contributed by atoms with Gasteiger partial charge in [0, 0.05) is 32.5 Å². The maximum atomic E-state index is 11.1. The van der Waals surface area contributed by atoms with E-state index in [0.29, 0.717) is 43.3 Å². The molecule has 2 heterocycles. The normalized spacial score (nSPS) is 16.6. The molecule has 0 spiro atoms. The zero-order valence-electron chi connectivity index (χ0n) is 8.95. The first-order chi connectivity index (χ1) is 7.70. The molecule has 86 valence electrons. The van der Waals surface area contributed by atoms with Crippen molar-refractivity contribution in [3.8, 4) is 0 Å². The summed E-state index contributed by atoms with van der Waals surface area (Å²) in [6.45, 7) is 1.79. The largest absolute Gasteiger partial charge is 0.354 e. The smallest absolute Gasteiger partial charge is 0.147 e. The average Bonchev–Trinajstić information content (AvgIpc) is 2.31. The van der Waals surface area contributed by atoms with Gasteiger partial charge in [-0.2, -0.15) is 0 Å². The van der Waals surface area contributed by atoms with Gasteiger partial charge in [0.2, 0.25) is 0 Å². The number of carbonyl (C=O) groups is 1. The molecule has 0 radical (unpaired) electrons. The van der Waals surface area contributed by atoms with Gasteiger partial charge in [-0.15, -0.1) is 0 Å². The molecule has 1 fully saturated rings. The number of nitrogens with zero attached hydrogens (tertiary/aromatic N) is 2. The topological polar surface area (TPSA) is 59.2 Å². The van der Waals surface area contributed by atoms with Gasteiger partial charge in [-0.05, 0) is 12.1 Å². The van der Waals surface area contributed by atoms with Gasteiger partial charge < -0.3 is 10.6 Å². The van der Waals surface area contributed by atoms with Gasteiger partial charge in [-0.3, -0.25) is 4.79 Å². The number of piperidine rings is 1. The molecule has 1 saturated heterocycles. The van der Waals surface area contributed by atoms with Crippen LogP contribution in [0.15, 0.2) is 12.1 Å². The van der Waals surface area contributed by atoms with E-state index in [1.54, 1.807) is 0 Å². The summed E-state index contributed by atoms with van der Waals surface area (Å²) < 4.78 is 0. The summed E-state index contributed by atoms with van der Waals surface area (Å²) in [5.41, 5.74) is 6.36. The summed E-state index contributed by atoms with van der Waals surface area (Å²) >= 11 is 6.09. The molecule has 4 nitrogen and oxygen atoms in total. The van der Waals surface area contributed by atoms with Gasteiger partial charge in [-0.1, -0.05) is 11.6 Å². The molecule has 0 saturated carbocycles. The van der Waals surface area contributed by atoms with Crippen LogP contribution >= 0.6 is 11.6 Å². The van der Waals surface area contributed by atoms with Crippen LogP contribution in [0.2, 0.25) is 5.02 Å². The van der Waals surface area contributed by atoms with E-state index in [0.717, 1.165) is 11.5 Å². The summed E-state index contributed by atoms with van der Waals surface area (Å²) in [6.07, 6.45) is 1.15. The van der Waals surface area contributed by atoms with Crippen LogP contribution in [0.4, 0.5) is 5.82 Å². The Bertz CT molecular complexity index is 398. The van der Waals surface area contributed by atoms with Gasteiger partial charge in [0.05, 0.1) is 10.7 Å².